The van der Waals surface area contributed by atoms with Gasteiger partial charge in [-0.05, 0) is 47.2 Å². The van der Waals surface area contributed by atoms with Crippen molar-refractivity contribution < 1.29 is 9.53 Å². The first kappa shape index (κ1) is 17.5. The van der Waals surface area contributed by atoms with Gasteiger partial charge in [-0.1, -0.05) is 25.1 Å². The van der Waals surface area contributed by atoms with E-state index < -0.39 is 6.10 Å². The first-order valence-corrected chi connectivity index (χ1v) is 7.55. The predicted molar refractivity (Wildman–Crippen MR) is 86.5 cm³/mol. The predicted octanol–water partition coefficient (Wildman–Crippen LogP) is 3.04. The van der Waals surface area contributed by atoms with Crippen LogP contribution in [0.25, 0.3) is 0 Å². The molecule has 1 aromatic carbocycles. The number of carbonyl (C=O) groups excluding carboxylic acids is 1. The lowest BCUT2D eigenvalue weighted by molar-refractivity contribution is -0.128. The summed E-state index contributed by atoms with van der Waals surface area (Å²) in [7, 11) is 0. The second-order valence-electron chi connectivity index (χ2n) is 6.32. The van der Waals surface area contributed by atoms with E-state index in [1.165, 1.54) is 0 Å². The van der Waals surface area contributed by atoms with Crippen LogP contribution in [0, 0.1) is 0 Å². The van der Waals surface area contributed by atoms with E-state index in [4.69, 9.17) is 4.74 Å². The highest BCUT2D eigenvalue weighted by Crippen LogP contribution is 2.25. The van der Waals surface area contributed by atoms with Gasteiger partial charge < -0.3 is 15.4 Å². The summed E-state index contributed by atoms with van der Waals surface area (Å²) in [4.78, 5) is 12.1. The quantitative estimate of drug-likeness (QED) is 0.847. The van der Waals surface area contributed by atoms with Crippen LogP contribution in [0.4, 0.5) is 0 Å². The molecule has 0 aliphatic rings. The van der Waals surface area contributed by atoms with Crippen molar-refractivity contribution in [3.8, 4) is 5.75 Å². The van der Waals surface area contributed by atoms with Gasteiger partial charge in [-0.15, -0.1) is 0 Å². The van der Waals surface area contributed by atoms with E-state index in [1.54, 1.807) is 6.92 Å². The maximum atomic E-state index is 12.1. The summed E-state index contributed by atoms with van der Waals surface area (Å²) in [6.07, 6.45) is -0.529. The molecule has 0 aliphatic carbocycles. The largest absolute Gasteiger partial charge is 0.481 e. The first-order chi connectivity index (χ1) is 9.74. The molecule has 118 valence electrons. The number of nitrogens with one attached hydrogen (secondary N) is 2. The van der Waals surface area contributed by atoms with Gasteiger partial charge in [-0.3, -0.25) is 4.79 Å². The van der Waals surface area contributed by atoms with Crippen LogP contribution in [0.15, 0.2) is 24.3 Å². The van der Waals surface area contributed by atoms with Crippen molar-refractivity contribution in [3.05, 3.63) is 29.8 Å². The van der Waals surface area contributed by atoms with Crippen molar-refractivity contribution in [1.29, 1.82) is 0 Å². The van der Waals surface area contributed by atoms with Gasteiger partial charge in [0.1, 0.15) is 5.75 Å². The van der Waals surface area contributed by atoms with Crippen molar-refractivity contribution >= 4 is 5.91 Å². The van der Waals surface area contributed by atoms with Crippen LogP contribution >= 0.6 is 0 Å². The van der Waals surface area contributed by atoms with Crippen LogP contribution in [0.3, 0.4) is 0 Å². The van der Waals surface area contributed by atoms with Crippen molar-refractivity contribution in [1.82, 2.24) is 10.6 Å². The molecule has 1 aromatic rings. The number of rotatable bonds is 6. The molecule has 0 spiro atoms. The molecular formula is C17H28N2O2. The Bertz CT molecular complexity index is 466. The Morgan fingerprint density at radius 2 is 1.86 bits per heavy atom. The third kappa shape index (κ3) is 5.76. The number of benzene rings is 1. The van der Waals surface area contributed by atoms with Gasteiger partial charge in [0, 0.05) is 17.1 Å². The number of ether oxygens (including phenoxy) is 1. The zero-order valence-electron chi connectivity index (χ0n) is 14.0. The van der Waals surface area contributed by atoms with E-state index in [2.05, 4.69) is 24.5 Å². The zero-order chi connectivity index (χ0) is 16.0. The second kappa shape index (κ2) is 7.46. The highest BCUT2D eigenvalue weighted by Gasteiger charge is 2.22. The Balaban J connectivity index is 2.80. The Morgan fingerprint density at radius 3 is 2.43 bits per heavy atom. The van der Waals surface area contributed by atoms with Crippen LogP contribution in [0.1, 0.15) is 53.1 Å². The molecular weight excluding hydrogens is 264 g/mol. The molecule has 0 aromatic heterocycles. The maximum absolute atomic E-state index is 12.1. The smallest absolute Gasteiger partial charge is 0.261 e. The number of para-hydroxylation sites is 1. The van der Waals surface area contributed by atoms with Crippen LogP contribution < -0.4 is 15.4 Å². The zero-order valence-corrected chi connectivity index (χ0v) is 14.0. The van der Waals surface area contributed by atoms with Crippen LogP contribution in [-0.4, -0.2) is 24.1 Å². The fourth-order valence-corrected chi connectivity index (χ4v) is 2.08. The molecule has 0 radical (unpaired) electrons. The highest BCUT2D eigenvalue weighted by molar-refractivity contribution is 5.81. The Morgan fingerprint density at radius 1 is 1.24 bits per heavy atom. The van der Waals surface area contributed by atoms with Crippen molar-refractivity contribution in [2.45, 2.75) is 59.2 Å². The molecule has 2 unspecified atom stereocenters. The van der Waals surface area contributed by atoms with E-state index >= 15 is 0 Å². The van der Waals surface area contributed by atoms with E-state index in [0.717, 1.165) is 17.9 Å². The molecule has 1 rings (SSSR count). The maximum Gasteiger partial charge on any atom is 0.261 e. The van der Waals surface area contributed by atoms with Crippen molar-refractivity contribution in [2.24, 2.45) is 0 Å². The molecule has 4 nitrogen and oxygen atoms in total. The molecule has 4 heteroatoms. The third-order valence-corrected chi connectivity index (χ3v) is 3.07. The average molecular weight is 292 g/mol. The molecule has 2 N–H and O–H groups in total. The highest BCUT2D eigenvalue weighted by atomic mass is 16.5. The second-order valence-corrected chi connectivity index (χ2v) is 6.32. The van der Waals surface area contributed by atoms with Gasteiger partial charge in [0.05, 0.1) is 0 Å². The third-order valence-electron chi connectivity index (χ3n) is 3.07. The molecule has 21 heavy (non-hydrogen) atoms. The minimum Gasteiger partial charge on any atom is -0.481 e. The topological polar surface area (TPSA) is 50.4 Å². The summed E-state index contributed by atoms with van der Waals surface area (Å²) >= 11 is 0. The van der Waals surface area contributed by atoms with Crippen LogP contribution in [0.2, 0.25) is 0 Å². The monoisotopic (exact) mass is 292 g/mol. The molecule has 0 saturated heterocycles. The lowest BCUT2D eigenvalue weighted by Crippen LogP contribution is -2.46. The summed E-state index contributed by atoms with van der Waals surface area (Å²) in [5.74, 6) is 0.649. The minimum atomic E-state index is -0.529. The fourth-order valence-electron chi connectivity index (χ4n) is 2.08. The molecule has 0 bridgehead atoms. The van der Waals surface area contributed by atoms with Crippen molar-refractivity contribution in [3.63, 3.8) is 0 Å². The van der Waals surface area contributed by atoms with E-state index in [-0.39, 0.29) is 17.5 Å². The minimum absolute atomic E-state index is 0.103. The van der Waals surface area contributed by atoms with Crippen molar-refractivity contribution in [2.75, 3.05) is 6.54 Å². The molecule has 0 aliphatic heterocycles. The lowest BCUT2D eigenvalue weighted by Gasteiger charge is -2.25. The van der Waals surface area contributed by atoms with Gasteiger partial charge >= 0.3 is 0 Å². The average Bonchev–Trinajstić information content (AvgIpc) is 2.37. The first-order valence-electron chi connectivity index (χ1n) is 7.55. The Labute approximate surface area is 128 Å². The van der Waals surface area contributed by atoms with Gasteiger partial charge in [-0.2, -0.15) is 0 Å². The number of hydrogen-bond acceptors (Lipinski definition) is 3. The molecule has 0 saturated carbocycles. The van der Waals surface area contributed by atoms with Crippen LogP contribution in [-0.2, 0) is 4.79 Å². The number of hydrogen-bond donors (Lipinski definition) is 2. The SMILES string of the molecule is CCNC(C)c1ccccc1OC(C)C(=O)NC(C)(C)C. The summed E-state index contributed by atoms with van der Waals surface area (Å²) < 4.78 is 5.87. The lowest BCUT2D eigenvalue weighted by atomic mass is 10.1. The fraction of sp³-hybridized carbons (Fsp3) is 0.588. The Hall–Kier alpha value is -1.55. The van der Waals surface area contributed by atoms with Gasteiger partial charge in [0.25, 0.3) is 5.91 Å². The number of amides is 1. The van der Waals surface area contributed by atoms with E-state index in [1.807, 2.05) is 45.0 Å². The van der Waals surface area contributed by atoms with E-state index in [9.17, 15) is 4.79 Å². The number of carbonyl (C=O) groups is 1. The molecule has 1 amide bonds. The summed E-state index contributed by atoms with van der Waals surface area (Å²) in [5.41, 5.74) is 0.806. The summed E-state index contributed by atoms with van der Waals surface area (Å²) in [6.45, 7) is 12.7. The van der Waals surface area contributed by atoms with Gasteiger partial charge in [0.15, 0.2) is 6.10 Å². The standard InChI is InChI=1S/C17H28N2O2/c1-7-18-12(2)14-10-8-9-11-15(14)21-13(3)16(20)19-17(4,5)6/h8-13,18H,7H2,1-6H3,(H,19,20). The summed E-state index contributed by atoms with van der Waals surface area (Å²) in [5, 5.41) is 6.30. The molecule has 0 heterocycles. The normalized spacial score (nSPS) is 14.4. The molecule has 0 fully saturated rings. The Kier molecular flexibility index (Phi) is 6.21. The van der Waals surface area contributed by atoms with Crippen LogP contribution in [0.5, 0.6) is 5.75 Å². The molecule has 2 atom stereocenters. The van der Waals surface area contributed by atoms with Gasteiger partial charge in [-0.25, -0.2) is 0 Å². The van der Waals surface area contributed by atoms with E-state index in [0.29, 0.717) is 0 Å². The van der Waals surface area contributed by atoms with Gasteiger partial charge in [0.2, 0.25) is 0 Å². The summed E-state index contributed by atoms with van der Waals surface area (Å²) in [6, 6.07) is 8.02.